The van der Waals surface area contributed by atoms with Crippen molar-refractivity contribution in [1.82, 2.24) is 9.13 Å². The van der Waals surface area contributed by atoms with Crippen LogP contribution >= 0.6 is 0 Å². The Labute approximate surface area is 110 Å². The summed E-state index contributed by atoms with van der Waals surface area (Å²) in [6, 6.07) is 6.18. The summed E-state index contributed by atoms with van der Waals surface area (Å²) in [6.07, 6.45) is 3.42. The van der Waals surface area contributed by atoms with Crippen LogP contribution in [0.4, 0.5) is 4.39 Å². The van der Waals surface area contributed by atoms with Gasteiger partial charge in [0.15, 0.2) is 0 Å². The SMILES string of the molecule is CC(C)n1ccn(Cc2ccc(F)c(C#N)c2)c1=O. The van der Waals surface area contributed by atoms with Gasteiger partial charge >= 0.3 is 5.69 Å². The van der Waals surface area contributed by atoms with E-state index in [4.69, 9.17) is 5.26 Å². The van der Waals surface area contributed by atoms with Crippen LogP contribution in [0, 0.1) is 17.1 Å². The van der Waals surface area contributed by atoms with Gasteiger partial charge in [-0.2, -0.15) is 5.26 Å². The van der Waals surface area contributed by atoms with Crippen LogP contribution in [0.15, 0.2) is 35.4 Å². The molecule has 1 aromatic heterocycles. The average molecular weight is 259 g/mol. The van der Waals surface area contributed by atoms with Gasteiger partial charge in [0.2, 0.25) is 0 Å². The molecule has 0 fully saturated rings. The Balaban J connectivity index is 2.32. The summed E-state index contributed by atoms with van der Waals surface area (Å²) >= 11 is 0. The molecule has 0 aliphatic carbocycles. The number of hydrogen-bond donors (Lipinski definition) is 0. The number of hydrogen-bond acceptors (Lipinski definition) is 2. The minimum atomic E-state index is -0.543. The van der Waals surface area contributed by atoms with Crippen LogP contribution in [0.3, 0.4) is 0 Å². The van der Waals surface area contributed by atoms with Crippen LogP contribution in [-0.2, 0) is 6.54 Å². The van der Waals surface area contributed by atoms with E-state index in [2.05, 4.69) is 0 Å². The molecule has 0 aliphatic heterocycles. The Bertz CT molecular complexity index is 691. The van der Waals surface area contributed by atoms with Gasteiger partial charge < -0.3 is 0 Å². The standard InChI is InChI=1S/C14H14FN3O/c1-10(2)18-6-5-17(14(18)19)9-11-3-4-13(15)12(7-11)8-16/h3-7,10H,9H2,1-2H3. The third-order valence-electron chi connectivity index (χ3n) is 2.93. The molecule has 0 bridgehead atoms. The van der Waals surface area contributed by atoms with Crippen LogP contribution in [0.5, 0.6) is 0 Å². The minimum Gasteiger partial charge on any atom is -0.297 e. The van der Waals surface area contributed by atoms with E-state index in [1.54, 1.807) is 29.1 Å². The van der Waals surface area contributed by atoms with Crippen LogP contribution in [0.25, 0.3) is 0 Å². The molecule has 2 rings (SSSR count). The normalized spacial score (nSPS) is 10.7. The molecule has 19 heavy (non-hydrogen) atoms. The monoisotopic (exact) mass is 259 g/mol. The fraction of sp³-hybridized carbons (Fsp3) is 0.286. The summed E-state index contributed by atoms with van der Waals surface area (Å²) in [7, 11) is 0. The molecule has 98 valence electrons. The molecule has 0 amide bonds. The van der Waals surface area contributed by atoms with E-state index in [1.807, 2.05) is 13.8 Å². The highest BCUT2D eigenvalue weighted by molar-refractivity contribution is 5.34. The molecular weight excluding hydrogens is 245 g/mol. The van der Waals surface area contributed by atoms with E-state index in [0.717, 1.165) is 5.56 Å². The maximum absolute atomic E-state index is 13.2. The molecule has 5 heteroatoms. The van der Waals surface area contributed by atoms with Crippen molar-refractivity contribution in [2.24, 2.45) is 0 Å². The summed E-state index contributed by atoms with van der Waals surface area (Å²) in [5.74, 6) is -0.543. The molecule has 1 heterocycles. The first-order valence-electron chi connectivity index (χ1n) is 5.98. The lowest BCUT2D eigenvalue weighted by molar-refractivity contribution is 0.561. The summed E-state index contributed by atoms with van der Waals surface area (Å²) in [4.78, 5) is 12.0. The molecule has 1 aromatic carbocycles. The lowest BCUT2D eigenvalue weighted by atomic mass is 10.1. The highest BCUT2D eigenvalue weighted by Gasteiger charge is 2.08. The largest absolute Gasteiger partial charge is 0.328 e. The number of rotatable bonds is 3. The number of nitriles is 1. The number of halogens is 1. The summed E-state index contributed by atoms with van der Waals surface area (Å²) in [5, 5.41) is 8.78. The molecule has 0 aliphatic rings. The third-order valence-corrected chi connectivity index (χ3v) is 2.93. The first kappa shape index (κ1) is 13.1. The Morgan fingerprint density at radius 3 is 2.68 bits per heavy atom. The quantitative estimate of drug-likeness (QED) is 0.849. The van der Waals surface area contributed by atoms with Gasteiger partial charge in [-0.05, 0) is 31.5 Å². The highest BCUT2D eigenvalue weighted by Crippen LogP contribution is 2.10. The topological polar surface area (TPSA) is 50.7 Å². The molecule has 4 nitrogen and oxygen atoms in total. The summed E-state index contributed by atoms with van der Waals surface area (Å²) in [5.41, 5.74) is 0.605. The number of aromatic nitrogens is 2. The van der Waals surface area contributed by atoms with Gasteiger partial charge in [0.1, 0.15) is 11.9 Å². The Hall–Kier alpha value is -2.35. The lowest BCUT2D eigenvalue weighted by Crippen LogP contribution is -2.25. The van der Waals surface area contributed by atoms with E-state index in [1.165, 1.54) is 16.7 Å². The predicted octanol–water partition coefficient (Wildman–Crippen LogP) is 2.29. The number of benzene rings is 1. The van der Waals surface area contributed by atoms with Gasteiger partial charge in [0.25, 0.3) is 0 Å². The summed E-state index contributed by atoms with van der Waals surface area (Å²) in [6.45, 7) is 4.18. The fourth-order valence-electron chi connectivity index (χ4n) is 1.89. The maximum Gasteiger partial charge on any atom is 0.328 e. The van der Waals surface area contributed by atoms with Gasteiger partial charge in [-0.1, -0.05) is 6.07 Å². The van der Waals surface area contributed by atoms with Crippen LogP contribution < -0.4 is 5.69 Å². The van der Waals surface area contributed by atoms with E-state index < -0.39 is 5.82 Å². The van der Waals surface area contributed by atoms with Crippen molar-refractivity contribution in [3.05, 3.63) is 58.0 Å². The van der Waals surface area contributed by atoms with Crippen molar-refractivity contribution >= 4 is 0 Å². The number of imidazole rings is 1. The van der Waals surface area contributed by atoms with Gasteiger partial charge in [0, 0.05) is 18.4 Å². The third kappa shape index (κ3) is 2.58. The zero-order valence-electron chi connectivity index (χ0n) is 10.8. The Morgan fingerprint density at radius 1 is 1.37 bits per heavy atom. The predicted molar refractivity (Wildman–Crippen MR) is 69.3 cm³/mol. The zero-order valence-corrected chi connectivity index (χ0v) is 10.8. The molecule has 0 spiro atoms. The smallest absolute Gasteiger partial charge is 0.297 e. The molecule has 0 unspecified atom stereocenters. The van der Waals surface area contributed by atoms with E-state index >= 15 is 0 Å². The summed E-state index contributed by atoms with van der Waals surface area (Å²) < 4.78 is 16.4. The zero-order chi connectivity index (χ0) is 14.0. The first-order valence-corrected chi connectivity index (χ1v) is 5.98. The van der Waals surface area contributed by atoms with E-state index in [-0.39, 0.29) is 17.3 Å². The minimum absolute atomic E-state index is 0.00570. The molecular formula is C14H14FN3O. The second kappa shape index (κ2) is 5.11. The van der Waals surface area contributed by atoms with Crippen molar-refractivity contribution < 1.29 is 4.39 Å². The second-order valence-corrected chi connectivity index (χ2v) is 4.64. The van der Waals surface area contributed by atoms with E-state index in [0.29, 0.717) is 6.54 Å². The Morgan fingerprint density at radius 2 is 2.11 bits per heavy atom. The molecule has 0 saturated carbocycles. The molecule has 2 aromatic rings. The van der Waals surface area contributed by atoms with E-state index in [9.17, 15) is 9.18 Å². The van der Waals surface area contributed by atoms with Crippen LogP contribution in [0.2, 0.25) is 0 Å². The van der Waals surface area contributed by atoms with Crippen LogP contribution in [0.1, 0.15) is 31.0 Å². The van der Waals surface area contributed by atoms with Crippen LogP contribution in [-0.4, -0.2) is 9.13 Å². The molecule has 0 saturated heterocycles. The molecule has 0 atom stereocenters. The average Bonchev–Trinajstić information content (AvgIpc) is 2.73. The van der Waals surface area contributed by atoms with Crippen molar-refractivity contribution in [1.29, 1.82) is 5.26 Å². The van der Waals surface area contributed by atoms with Gasteiger partial charge in [-0.25, -0.2) is 9.18 Å². The van der Waals surface area contributed by atoms with Gasteiger partial charge in [-0.3, -0.25) is 9.13 Å². The van der Waals surface area contributed by atoms with Gasteiger partial charge in [0.05, 0.1) is 12.1 Å². The maximum atomic E-state index is 13.2. The Kier molecular flexibility index (Phi) is 3.52. The van der Waals surface area contributed by atoms with Crippen molar-refractivity contribution in [2.45, 2.75) is 26.4 Å². The molecule has 0 N–H and O–H groups in total. The fourth-order valence-corrected chi connectivity index (χ4v) is 1.89. The van der Waals surface area contributed by atoms with Gasteiger partial charge in [-0.15, -0.1) is 0 Å². The lowest BCUT2D eigenvalue weighted by Gasteiger charge is -2.05. The van der Waals surface area contributed by atoms with Crippen molar-refractivity contribution in [3.8, 4) is 6.07 Å². The molecule has 0 radical (unpaired) electrons. The second-order valence-electron chi connectivity index (χ2n) is 4.64. The highest BCUT2D eigenvalue weighted by atomic mass is 19.1. The van der Waals surface area contributed by atoms with Crippen molar-refractivity contribution in [2.75, 3.05) is 0 Å². The first-order chi connectivity index (χ1) is 9.02. The number of nitrogens with zero attached hydrogens (tertiary/aromatic N) is 3. The van der Waals surface area contributed by atoms with Crippen molar-refractivity contribution in [3.63, 3.8) is 0 Å².